The molecule has 7 heteroatoms. The molecule has 3 aromatic carbocycles. The van der Waals surface area contributed by atoms with E-state index in [1.165, 1.54) is 6.21 Å². The van der Waals surface area contributed by atoms with Gasteiger partial charge in [0.15, 0.2) is 0 Å². The number of methoxy groups -OCH3 is 1. The van der Waals surface area contributed by atoms with E-state index in [1.807, 2.05) is 18.2 Å². The lowest BCUT2D eigenvalue weighted by Gasteiger charge is -2.06. The zero-order chi connectivity index (χ0) is 20.6. The molecule has 146 valence electrons. The van der Waals surface area contributed by atoms with Gasteiger partial charge in [-0.1, -0.05) is 29.8 Å². The van der Waals surface area contributed by atoms with Gasteiger partial charge in [0, 0.05) is 21.8 Å². The minimum atomic E-state index is -0.364. The molecule has 3 aromatic rings. The molecule has 29 heavy (non-hydrogen) atoms. The molecule has 0 saturated carbocycles. The molecule has 2 N–H and O–H groups in total. The Bertz CT molecular complexity index is 1050. The molecule has 0 saturated heterocycles. The minimum absolute atomic E-state index is 0.285. The topological polar surface area (TPSA) is 79.8 Å². The third-order valence-electron chi connectivity index (χ3n) is 3.97. The largest absolute Gasteiger partial charge is 0.497 e. The molecule has 3 rings (SSSR count). The maximum Gasteiger partial charge on any atom is 0.271 e. The van der Waals surface area contributed by atoms with E-state index >= 15 is 0 Å². The summed E-state index contributed by atoms with van der Waals surface area (Å²) < 4.78 is 5.14. The van der Waals surface area contributed by atoms with Crippen molar-refractivity contribution in [3.05, 3.63) is 94.5 Å². The van der Waals surface area contributed by atoms with Crippen LogP contribution >= 0.6 is 11.6 Å². The van der Waals surface area contributed by atoms with Gasteiger partial charge >= 0.3 is 0 Å². The zero-order valence-corrected chi connectivity index (χ0v) is 16.3. The second-order valence-electron chi connectivity index (χ2n) is 6.02. The van der Waals surface area contributed by atoms with E-state index in [0.29, 0.717) is 27.6 Å². The maximum absolute atomic E-state index is 12.2. The number of hydrazone groups is 1. The number of anilines is 1. The van der Waals surface area contributed by atoms with Crippen molar-refractivity contribution in [3.63, 3.8) is 0 Å². The van der Waals surface area contributed by atoms with Crippen LogP contribution in [0.2, 0.25) is 5.02 Å². The van der Waals surface area contributed by atoms with Crippen molar-refractivity contribution >= 4 is 35.3 Å². The first-order chi connectivity index (χ1) is 14.0. The second-order valence-corrected chi connectivity index (χ2v) is 6.45. The van der Waals surface area contributed by atoms with Crippen molar-refractivity contribution in [3.8, 4) is 5.75 Å². The van der Waals surface area contributed by atoms with Crippen LogP contribution in [-0.4, -0.2) is 25.1 Å². The number of hydrogen-bond acceptors (Lipinski definition) is 4. The molecule has 0 aliphatic heterocycles. The van der Waals surface area contributed by atoms with E-state index in [2.05, 4.69) is 15.8 Å². The molecule has 0 aliphatic rings. The number of carbonyl (C=O) groups excluding carboxylic acids is 2. The molecule has 0 aromatic heterocycles. The van der Waals surface area contributed by atoms with Crippen LogP contribution in [0, 0.1) is 0 Å². The maximum atomic E-state index is 12.2. The summed E-state index contributed by atoms with van der Waals surface area (Å²) in [6.07, 6.45) is 1.53. The average molecular weight is 408 g/mol. The number of amides is 2. The molecule has 0 aliphatic carbocycles. The van der Waals surface area contributed by atoms with Crippen LogP contribution in [0.25, 0.3) is 0 Å². The molecule has 2 amide bonds. The molecule has 0 unspecified atom stereocenters. The van der Waals surface area contributed by atoms with Crippen molar-refractivity contribution in [2.75, 3.05) is 12.4 Å². The van der Waals surface area contributed by atoms with Crippen LogP contribution < -0.4 is 15.5 Å². The van der Waals surface area contributed by atoms with Gasteiger partial charge < -0.3 is 10.1 Å². The highest BCUT2D eigenvalue weighted by Crippen LogP contribution is 2.15. The Kier molecular flexibility index (Phi) is 6.60. The molecule has 0 bridgehead atoms. The first-order valence-corrected chi connectivity index (χ1v) is 9.07. The number of halogens is 1. The Balaban J connectivity index is 1.58. The molecule has 0 spiro atoms. The van der Waals surface area contributed by atoms with Crippen LogP contribution in [0.5, 0.6) is 5.75 Å². The molecule has 0 atom stereocenters. The first-order valence-electron chi connectivity index (χ1n) is 8.69. The smallest absolute Gasteiger partial charge is 0.271 e. The first kappa shape index (κ1) is 20.1. The van der Waals surface area contributed by atoms with Crippen LogP contribution in [-0.2, 0) is 0 Å². The summed E-state index contributed by atoms with van der Waals surface area (Å²) in [6.45, 7) is 0. The second kappa shape index (κ2) is 9.52. The van der Waals surface area contributed by atoms with Gasteiger partial charge in [-0.3, -0.25) is 9.59 Å². The molecular formula is C22H18ClN3O3. The molecule has 0 heterocycles. The molecule has 0 radical (unpaired) electrons. The monoisotopic (exact) mass is 407 g/mol. The number of ether oxygens (including phenoxy) is 1. The predicted molar refractivity (Wildman–Crippen MR) is 114 cm³/mol. The number of rotatable bonds is 6. The van der Waals surface area contributed by atoms with Crippen molar-refractivity contribution < 1.29 is 14.3 Å². The average Bonchev–Trinajstić information content (AvgIpc) is 2.74. The van der Waals surface area contributed by atoms with Crippen molar-refractivity contribution in [2.45, 2.75) is 0 Å². The van der Waals surface area contributed by atoms with E-state index in [4.69, 9.17) is 16.3 Å². The van der Waals surface area contributed by atoms with Gasteiger partial charge in [-0.25, -0.2) is 5.43 Å². The Morgan fingerprint density at radius 1 is 0.931 bits per heavy atom. The van der Waals surface area contributed by atoms with Gasteiger partial charge in [0.2, 0.25) is 0 Å². The fraction of sp³-hybridized carbons (Fsp3) is 0.0455. The minimum Gasteiger partial charge on any atom is -0.497 e. The quantitative estimate of drug-likeness (QED) is 0.470. The summed E-state index contributed by atoms with van der Waals surface area (Å²) in [5, 5.41) is 7.19. The van der Waals surface area contributed by atoms with Gasteiger partial charge in [0.05, 0.1) is 13.3 Å². The van der Waals surface area contributed by atoms with E-state index in [-0.39, 0.29) is 11.8 Å². The summed E-state index contributed by atoms with van der Waals surface area (Å²) in [5.41, 5.74) is 4.68. The van der Waals surface area contributed by atoms with Gasteiger partial charge in [-0.15, -0.1) is 0 Å². The van der Waals surface area contributed by atoms with Gasteiger partial charge in [0.1, 0.15) is 5.75 Å². The summed E-state index contributed by atoms with van der Waals surface area (Å²) in [6, 6.07) is 20.4. The SMILES string of the molecule is COc1cccc(/C=N/NC(=O)c2ccc(NC(=O)c3cccc(Cl)c3)cc2)c1. The normalized spacial score (nSPS) is 10.6. The highest BCUT2D eigenvalue weighted by atomic mass is 35.5. The van der Waals surface area contributed by atoms with Crippen LogP contribution in [0.15, 0.2) is 77.9 Å². The van der Waals surface area contributed by atoms with E-state index in [0.717, 1.165) is 5.56 Å². The van der Waals surface area contributed by atoms with Gasteiger partial charge in [-0.2, -0.15) is 5.10 Å². The number of hydrogen-bond donors (Lipinski definition) is 2. The van der Waals surface area contributed by atoms with Gasteiger partial charge in [0.25, 0.3) is 11.8 Å². The molecule has 0 fully saturated rings. The summed E-state index contributed by atoms with van der Waals surface area (Å²) >= 11 is 5.90. The molecule has 6 nitrogen and oxygen atoms in total. The fourth-order valence-electron chi connectivity index (χ4n) is 2.49. The van der Waals surface area contributed by atoms with Crippen molar-refractivity contribution in [2.24, 2.45) is 5.10 Å². The Morgan fingerprint density at radius 2 is 1.69 bits per heavy atom. The van der Waals surface area contributed by atoms with Crippen LogP contribution in [0.3, 0.4) is 0 Å². The zero-order valence-electron chi connectivity index (χ0n) is 15.6. The number of nitrogens with zero attached hydrogens (tertiary/aromatic N) is 1. The van der Waals surface area contributed by atoms with E-state index < -0.39 is 0 Å². The summed E-state index contributed by atoms with van der Waals surface area (Å²) in [4.78, 5) is 24.4. The third-order valence-corrected chi connectivity index (χ3v) is 4.20. The summed E-state index contributed by atoms with van der Waals surface area (Å²) in [5.74, 6) is 0.0557. The highest BCUT2D eigenvalue weighted by Gasteiger charge is 2.08. The standard InChI is InChI=1S/C22H18ClN3O3/c1-29-20-7-2-4-15(12-20)14-24-26-22(28)16-8-10-19(11-9-16)25-21(27)17-5-3-6-18(23)13-17/h2-14H,1H3,(H,25,27)(H,26,28)/b24-14+. The molecular weight excluding hydrogens is 390 g/mol. The summed E-state index contributed by atoms with van der Waals surface area (Å²) in [7, 11) is 1.58. The Morgan fingerprint density at radius 3 is 2.41 bits per heavy atom. The van der Waals surface area contributed by atoms with E-state index in [1.54, 1.807) is 61.7 Å². The van der Waals surface area contributed by atoms with Crippen molar-refractivity contribution in [1.82, 2.24) is 5.43 Å². The van der Waals surface area contributed by atoms with Crippen LogP contribution in [0.1, 0.15) is 26.3 Å². The highest BCUT2D eigenvalue weighted by molar-refractivity contribution is 6.31. The lowest BCUT2D eigenvalue weighted by Crippen LogP contribution is -2.17. The van der Waals surface area contributed by atoms with E-state index in [9.17, 15) is 9.59 Å². The third kappa shape index (κ3) is 5.67. The number of nitrogens with one attached hydrogen (secondary N) is 2. The Labute approximate surface area is 173 Å². The van der Waals surface area contributed by atoms with Crippen molar-refractivity contribution in [1.29, 1.82) is 0 Å². The Hall–Kier alpha value is -3.64. The van der Waals surface area contributed by atoms with Crippen LogP contribution in [0.4, 0.5) is 5.69 Å². The number of benzene rings is 3. The lowest BCUT2D eigenvalue weighted by atomic mass is 10.1. The fourth-order valence-corrected chi connectivity index (χ4v) is 2.68. The lowest BCUT2D eigenvalue weighted by molar-refractivity contribution is 0.0954. The predicted octanol–water partition coefficient (Wildman–Crippen LogP) is 4.36. The van der Waals surface area contributed by atoms with Gasteiger partial charge in [-0.05, 0) is 60.2 Å². The number of carbonyl (C=O) groups is 2.